The summed E-state index contributed by atoms with van der Waals surface area (Å²) in [4.78, 5) is 14.5. The quantitative estimate of drug-likeness (QED) is 0.709. The Labute approximate surface area is 174 Å². The minimum absolute atomic E-state index is 0.0683. The lowest BCUT2D eigenvalue weighted by atomic mass is 10.0. The number of methoxy groups -OCH3 is 1. The second kappa shape index (κ2) is 9.07. The fourth-order valence-electron chi connectivity index (χ4n) is 3.18. The molecule has 150 valence electrons. The molecule has 1 amide bonds. The third kappa shape index (κ3) is 5.33. The summed E-state index contributed by atoms with van der Waals surface area (Å²) in [5.41, 5.74) is 0.968. The van der Waals surface area contributed by atoms with Crippen molar-refractivity contribution in [3.8, 4) is 5.75 Å². The highest BCUT2D eigenvalue weighted by atomic mass is 79.9. The van der Waals surface area contributed by atoms with Crippen molar-refractivity contribution in [2.45, 2.75) is 30.2 Å². The average molecular weight is 467 g/mol. The highest BCUT2D eigenvalue weighted by Gasteiger charge is 2.26. The third-order valence-electron chi connectivity index (χ3n) is 4.81. The Kier molecular flexibility index (Phi) is 6.74. The van der Waals surface area contributed by atoms with Crippen molar-refractivity contribution in [1.82, 2.24) is 9.62 Å². The number of likely N-dealkylation sites (tertiary alicyclic amines) is 1. The monoisotopic (exact) mass is 466 g/mol. The lowest BCUT2D eigenvalue weighted by molar-refractivity contribution is -0.131. The number of sulfonamides is 1. The normalized spacial score (nSPS) is 15.4. The summed E-state index contributed by atoms with van der Waals surface area (Å²) in [6.45, 7) is 1.09. The molecule has 6 nitrogen and oxygen atoms in total. The van der Waals surface area contributed by atoms with Crippen LogP contribution in [-0.2, 0) is 21.2 Å². The van der Waals surface area contributed by atoms with Crippen molar-refractivity contribution in [3.05, 3.63) is 58.6 Å². The SMILES string of the molecule is COc1ccc(S(=O)(=O)NC2CCN(C(=O)Cc3ccc(Br)cc3)CC2)cc1. The number of carbonyl (C=O) groups excluding carboxylic acids is 1. The fourth-order valence-corrected chi connectivity index (χ4v) is 4.75. The van der Waals surface area contributed by atoms with Crippen LogP contribution < -0.4 is 9.46 Å². The standard InChI is InChI=1S/C20H23BrN2O4S/c1-27-18-6-8-19(9-7-18)28(25,26)22-17-10-12-23(13-11-17)20(24)14-15-2-4-16(21)5-3-15/h2-9,17,22H,10-14H2,1H3. The van der Waals surface area contributed by atoms with Crippen LogP contribution in [0.2, 0.25) is 0 Å². The summed E-state index contributed by atoms with van der Waals surface area (Å²) in [6, 6.07) is 13.8. The Bertz CT molecular complexity index is 906. The van der Waals surface area contributed by atoms with Gasteiger partial charge in [0.25, 0.3) is 0 Å². The molecule has 3 rings (SSSR count). The summed E-state index contributed by atoms with van der Waals surface area (Å²) >= 11 is 3.39. The molecule has 1 fully saturated rings. The number of nitrogens with zero attached hydrogens (tertiary/aromatic N) is 1. The van der Waals surface area contributed by atoms with Gasteiger partial charge < -0.3 is 9.64 Å². The van der Waals surface area contributed by atoms with E-state index in [4.69, 9.17) is 4.74 Å². The van der Waals surface area contributed by atoms with E-state index in [-0.39, 0.29) is 16.8 Å². The zero-order chi connectivity index (χ0) is 20.1. The number of amides is 1. The first-order valence-corrected chi connectivity index (χ1v) is 11.3. The molecule has 0 radical (unpaired) electrons. The summed E-state index contributed by atoms with van der Waals surface area (Å²) in [7, 11) is -2.05. The Morgan fingerprint density at radius 3 is 2.29 bits per heavy atom. The van der Waals surface area contributed by atoms with Gasteiger partial charge in [0.2, 0.25) is 15.9 Å². The number of hydrogen-bond acceptors (Lipinski definition) is 4. The van der Waals surface area contributed by atoms with E-state index >= 15 is 0 Å². The van der Waals surface area contributed by atoms with Gasteiger partial charge in [-0.15, -0.1) is 0 Å². The predicted molar refractivity (Wildman–Crippen MR) is 111 cm³/mol. The molecule has 1 aliphatic heterocycles. The molecule has 2 aromatic rings. The van der Waals surface area contributed by atoms with Crippen LogP contribution in [0.3, 0.4) is 0 Å². The number of rotatable bonds is 6. The van der Waals surface area contributed by atoms with Gasteiger partial charge in [0, 0.05) is 23.6 Å². The predicted octanol–water partition coefficient (Wildman–Crippen LogP) is 2.97. The first-order chi connectivity index (χ1) is 13.4. The van der Waals surface area contributed by atoms with Crippen LogP contribution in [0, 0.1) is 0 Å². The van der Waals surface area contributed by atoms with Gasteiger partial charge in [0.15, 0.2) is 0 Å². The first kappa shape index (κ1) is 20.8. The van der Waals surface area contributed by atoms with E-state index in [2.05, 4.69) is 20.7 Å². The smallest absolute Gasteiger partial charge is 0.240 e. The minimum atomic E-state index is -3.59. The van der Waals surface area contributed by atoms with Crippen molar-refractivity contribution in [2.75, 3.05) is 20.2 Å². The van der Waals surface area contributed by atoms with Crippen LogP contribution in [0.1, 0.15) is 18.4 Å². The number of hydrogen-bond donors (Lipinski definition) is 1. The van der Waals surface area contributed by atoms with E-state index in [1.807, 2.05) is 24.3 Å². The Balaban J connectivity index is 1.52. The number of benzene rings is 2. The van der Waals surface area contributed by atoms with Crippen molar-refractivity contribution in [1.29, 1.82) is 0 Å². The second-order valence-electron chi connectivity index (χ2n) is 6.76. The van der Waals surface area contributed by atoms with E-state index in [0.29, 0.717) is 38.1 Å². The maximum Gasteiger partial charge on any atom is 0.240 e. The molecule has 1 heterocycles. The molecule has 0 bridgehead atoms. The van der Waals surface area contributed by atoms with Crippen LogP contribution in [0.15, 0.2) is 57.9 Å². The minimum Gasteiger partial charge on any atom is -0.497 e. The molecule has 0 aliphatic carbocycles. The Morgan fingerprint density at radius 2 is 1.71 bits per heavy atom. The largest absolute Gasteiger partial charge is 0.497 e. The molecule has 0 unspecified atom stereocenters. The van der Waals surface area contributed by atoms with Gasteiger partial charge in [-0.3, -0.25) is 4.79 Å². The van der Waals surface area contributed by atoms with Crippen LogP contribution in [-0.4, -0.2) is 45.5 Å². The van der Waals surface area contributed by atoms with Crippen LogP contribution >= 0.6 is 15.9 Å². The molecule has 2 aromatic carbocycles. The molecule has 0 saturated carbocycles. The first-order valence-electron chi connectivity index (χ1n) is 9.06. The number of nitrogens with one attached hydrogen (secondary N) is 1. The summed E-state index contributed by atoms with van der Waals surface area (Å²) in [5.74, 6) is 0.676. The van der Waals surface area contributed by atoms with E-state index in [1.54, 1.807) is 17.0 Å². The topological polar surface area (TPSA) is 75.7 Å². The van der Waals surface area contributed by atoms with Crippen LogP contribution in [0.5, 0.6) is 5.75 Å². The summed E-state index contributed by atoms with van der Waals surface area (Å²) < 4.78 is 33.9. The van der Waals surface area contributed by atoms with Crippen molar-refractivity contribution in [2.24, 2.45) is 0 Å². The maximum absolute atomic E-state index is 12.5. The van der Waals surface area contributed by atoms with Crippen molar-refractivity contribution in [3.63, 3.8) is 0 Å². The fraction of sp³-hybridized carbons (Fsp3) is 0.350. The highest BCUT2D eigenvalue weighted by Crippen LogP contribution is 2.19. The van der Waals surface area contributed by atoms with E-state index in [1.165, 1.54) is 19.2 Å². The molecule has 1 aliphatic rings. The van der Waals surface area contributed by atoms with Crippen molar-refractivity contribution >= 4 is 31.9 Å². The van der Waals surface area contributed by atoms with Gasteiger partial charge in [-0.05, 0) is 54.8 Å². The molecule has 0 atom stereocenters. The van der Waals surface area contributed by atoms with Gasteiger partial charge >= 0.3 is 0 Å². The second-order valence-corrected chi connectivity index (χ2v) is 9.38. The molecule has 0 spiro atoms. The molecular weight excluding hydrogens is 444 g/mol. The van der Waals surface area contributed by atoms with Gasteiger partial charge in [0.1, 0.15) is 5.75 Å². The van der Waals surface area contributed by atoms with Gasteiger partial charge in [-0.2, -0.15) is 0 Å². The molecule has 8 heteroatoms. The number of piperidine rings is 1. The third-order valence-corrected chi connectivity index (χ3v) is 6.87. The molecular formula is C20H23BrN2O4S. The average Bonchev–Trinajstić information content (AvgIpc) is 2.70. The lowest BCUT2D eigenvalue weighted by Gasteiger charge is -2.32. The zero-order valence-corrected chi connectivity index (χ0v) is 18.0. The van der Waals surface area contributed by atoms with Crippen molar-refractivity contribution < 1.29 is 17.9 Å². The molecule has 28 heavy (non-hydrogen) atoms. The van der Waals surface area contributed by atoms with E-state index in [0.717, 1.165) is 10.0 Å². The van der Waals surface area contributed by atoms with Gasteiger partial charge in [-0.25, -0.2) is 13.1 Å². The van der Waals surface area contributed by atoms with Crippen LogP contribution in [0.25, 0.3) is 0 Å². The number of ether oxygens (including phenoxy) is 1. The summed E-state index contributed by atoms with van der Waals surface area (Å²) in [5, 5.41) is 0. The Hall–Kier alpha value is -1.90. The van der Waals surface area contributed by atoms with Gasteiger partial charge in [-0.1, -0.05) is 28.1 Å². The molecule has 1 N–H and O–H groups in total. The van der Waals surface area contributed by atoms with E-state index in [9.17, 15) is 13.2 Å². The van der Waals surface area contributed by atoms with Gasteiger partial charge in [0.05, 0.1) is 18.4 Å². The maximum atomic E-state index is 12.5. The lowest BCUT2D eigenvalue weighted by Crippen LogP contribution is -2.46. The number of carbonyl (C=O) groups is 1. The highest BCUT2D eigenvalue weighted by molar-refractivity contribution is 9.10. The van der Waals surface area contributed by atoms with Crippen LogP contribution in [0.4, 0.5) is 0 Å². The Morgan fingerprint density at radius 1 is 1.11 bits per heavy atom. The number of halogens is 1. The molecule has 1 saturated heterocycles. The molecule has 0 aromatic heterocycles. The zero-order valence-electron chi connectivity index (χ0n) is 15.6. The summed E-state index contributed by atoms with van der Waals surface area (Å²) in [6.07, 6.45) is 1.55. The van der Waals surface area contributed by atoms with E-state index < -0.39 is 10.0 Å².